The molecule has 2 aromatic rings. The molecule has 3 rings (SSSR count). The first-order valence-corrected chi connectivity index (χ1v) is 8.47. The van der Waals surface area contributed by atoms with E-state index in [4.69, 9.17) is 16.0 Å². The van der Waals surface area contributed by atoms with Crippen LogP contribution in [0.25, 0.3) is 11.0 Å². The van der Waals surface area contributed by atoms with E-state index in [-0.39, 0.29) is 5.63 Å². The molecule has 0 atom stereocenters. The summed E-state index contributed by atoms with van der Waals surface area (Å²) >= 11 is 6.23. The van der Waals surface area contributed by atoms with Gasteiger partial charge in [-0.1, -0.05) is 37.3 Å². The zero-order chi connectivity index (χ0) is 15.5. The molecule has 0 unspecified atom stereocenters. The third-order valence-electron chi connectivity index (χ3n) is 4.55. The number of benzene rings is 1. The molecule has 4 heteroatoms. The normalized spacial score (nSPS) is 16.8. The van der Waals surface area contributed by atoms with Gasteiger partial charge in [0.1, 0.15) is 5.58 Å². The van der Waals surface area contributed by atoms with Crippen LogP contribution in [0.4, 0.5) is 0 Å². The number of hydrogen-bond donors (Lipinski definition) is 1. The van der Waals surface area contributed by atoms with Crippen LogP contribution in [0.3, 0.4) is 0 Å². The molecule has 1 saturated carbocycles. The molecule has 118 valence electrons. The van der Waals surface area contributed by atoms with Gasteiger partial charge in [0, 0.05) is 29.1 Å². The van der Waals surface area contributed by atoms with Gasteiger partial charge in [0.05, 0.1) is 0 Å². The van der Waals surface area contributed by atoms with Gasteiger partial charge in [-0.2, -0.15) is 0 Å². The summed E-state index contributed by atoms with van der Waals surface area (Å²) in [6, 6.07) is 5.87. The fourth-order valence-electron chi connectivity index (χ4n) is 3.23. The quantitative estimate of drug-likeness (QED) is 0.665. The van der Waals surface area contributed by atoms with Crippen LogP contribution in [0.2, 0.25) is 5.02 Å². The smallest absolute Gasteiger partial charge is 0.336 e. The number of rotatable bonds is 3. The molecule has 0 bridgehead atoms. The minimum absolute atomic E-state index is 0.299. The third-order valence-corrected chi connectivity index (χ3v) is 4.95. The number of hydrogen-bond acceptors (Lipinski definition) is 3. The first kappa shape index (κ1) is 15.6. The average Bonchev–Trinajstić information content (AvgIpc) is 2.75. The van der Waals surface area contributed by atoms with Gasteiger partial charge in [0.15, 0.2) is 0 Å². The van der Waals surface area contributed by atoms with E-state index >= 15 is 0 Å². The first-order valence-electron chi connectivity index (χ1n) is 8.10. The molecule has 1 aliphatic rings. The van der Waals surface area contributed by atoms with Gasteiger partial charge in [0.25, 0.3) is 0 Å². The van der Waals surface area contributed by atoms with Gasteiger partial charge in [-0.05, 0) is 43.0 Å². The molecule has 1 aromatic carbocycles. The lowest BCUT2D eigenvalue weighted by atomic mass is 10.1. The van der Waals surface area contributed by atoms with Gasteiger partial charge in [-0.3, -0.25) is 0 Å². The minimum atomic E-state index is -0.299. The highest BCUT2D eigenvalue weighted by atomic mass is 35.5. The molecular formula is C18H22ClNO2. The average molecular weight is 320 g/mol. The largest absolute Gasteiger partial charge is 0.423 e. The van der Waals surface area contributed by atoms with E-state index in [0.29, 0.717) is 23.2 Å². The Morgan fingerprint density at radius 2 is 1.91 bits per heavy atom. The van der Waals surface area contributed by atoms with Crippen molar-refractivity contribution < 1.29 is 4.42 Å². The standard InChI is InChI=1S/C18H22ClNO2/c1-12-8-17-15(10-16(12)19)13(9-18(21)22-17)11-20-14-6-4-2-3-5-7-14/h8-10,14,20H,2-7,11H2,1H3. The van der Waals surface area contributed by atoms with Crippen molar-refractivity contribution in [2.24, 2.45) is 0 Å². The summed E-state index contributed by atoms with van der Waals surface area (Å²) in [4.78, 5) is 11.8. The van der Waals surface area contributed by atoms with Gasteiger partial charge in [0.2, 0.25) is 0 Å². The van der Waals surface area contributed by atoms with Crippen molar-refractivity contribution in [3.63, 3.8) is 0 Å². The number of nitrogens with one attached hydrogen (secondary N) is 1. The molecule has 1 aliphatic carbocycles. The second-order valence-electron chi connectivity index (χ2n) is 6.26. The van der Waals surface area contributed by atoms with Gasteiger partial charge in [-0.25, -0.2) is 4.79 Å². The summed E-state index contributed by atoms with van der Waals surface area (Å²) in [6.07, 6.45) is 7.70. The Labute approximate surface area is 135 Å². The zero-order valence-electron chi connectivity index (χ0n) is 13.0. The Balaban J connectivity index is 1.86. The second-order valence-corrected chi connectivity index (χ2v) is 6.66. The fraction of sp³-hybridized carbons (Fsp3) is 0.500. The minimum Gasteiger partial charge on any atom is -0.423 e. The van der Waals surface area contributed by atoms with Gasteiger partial charge in [-0.15, -0.1) is 0 Å². The van der Waals surface area contributed by atoms with Crippen LogP contribution in [0.5, 0.6) is 0 Å². The van der Waals surface area contributed by atoms with Gasteiger partial charge < -0.3 is 9.73 Å². The summed E-state index contributed by atoms with van der Waals surface area (Å²) in [5, 5.41) is 5.24. The molecule has 0 spiro atoms. The van der Waals surface area contributed by atoms with Crippen molar-refractivity contribution in [1.29, 1.82) is 0 Å². The molecule has 1 heterocycles. The summed E-state index contributed by atoms with van der Waals surface area (Å²) in [6.45, 7) is 2.60. The lowest BCUT2D eigenvalue weighted by Crippen LogP contribution is -2.28. The molecule has 3 nitrogen and oxygen atoms in total. The van der Waals surface area contributed by atoms with Crippen molar-refractivity contribution in [3.05, 3.63) is 44.8 Å². The fourth-order valence-corrected chi connectivity index (χ4v) is 3.40. The molecular weight excluding hydrogens is 298 g/mol. The molecule has 0 aliphatic heterocycles. The lowest BCUT2D eigenvalue weighted by Gasteiger charge is -2.17. The van der Waals surface area contributed by atoms with E-state index < -0.39 is 0 Å². The molecule has 22 heavy (non-hydrogen) atoms. The Morgan fingerprint density at radius 3 is 2.64 bits per heavy atom. The van der Waals surface area contributed by atoms with E-state index in [1.807, 2.05) is 19.1 Å². The third kappa shape index (κ3) is 3.53. The summed E-state index contributed by atoms with van der Waals surface area (Å²) in [5.74, 6) is 0. The maximum absolute atomic E-state index is 11.8. The highest BCUT2D eigenvalue weighted by Crippen LogP contribution is 2.25. The number of aryl methyl sites for hydroxylation is 1. The molecule has 0 radical (unpaired) electrons. The summed E-state index contributed by atoms with van der Waals surface area (Å²) < 4.78 is 5.31. The van der Waals surface area contributed by atoms with Crippen LogP contribution in [0.15, 0.2) is 27.4 Å². The van der Waals surface area contributed by atoms with Crippen LogP contribution in [0, 0.1) is 6.92 Å². The van der Waals surface area contributed by atoms with Crippen LogP contribution >= 0.6 is 11.6 Å². The Kier molecular flexibility index (Phi) is 4.84. The van der Waals surface area contributed by atoms with Crippen molar-refractivity contribution >= 4 is 22.6 Å². The zero-order valence-corrected chi connectivity index (χ0v) is 13.7. The highest BCUT2D eigenvalue weighted by Gasteiger charge is 2.13. The topological polar surface area (TPSA) is 42.2 Å². The molecule has 1 N–H and O–H groups in total. The maximum atomic E-state index is 11.8. The maximum Gasteiger partial charge on any atom is 0.336 e. The monoisotopic (exact) mass is 319 g/mol. The number of fused-ring (bicyclic) bond motifs is 1. The molecule has 0 saturated heterocycles. The van der Waals surface area contributed by atoms with Crippen molar-refractivity contribution in [2.45, 2.75) is 58.0 Å². The molecule has 1 aromatic heterocycles. The van der Waals surface area contributed by atoms with E-state index in [1.54, 1.807) is 6.07 Å². The SMILES string of the molecule is Cc1cc2oc(=O)cc(CNC3CCCCCC3)c2cc1Cl. The Morgan fingerprint density at radius 1 is 1.18 bits per heavy atom. The van der Waals surface area contributed by atoms with Crippen molar-refractivity contribution in [1.82, 2.24) is 5.32 Å². The van der Waals surface area contributed by atoms with Crippen LogP contribution in [-0.2, 0) is 6.54 Å². The molecule has 1 fully saturated rings. The predicted octanol–water partition coefficient (Wildman–Crippen LogP) is 4.57. The lowest BCUT2D eigenvalue weighted by molar-refractivity contribution is 0.458. The first-order chi connectivity index (χ1) is 10.6. The van der Waals surface area contributed by atoms with Crippen LogP contribution in [0.1, 0.15) is 49.7 Å². The molecule has 0 amide bonds. The number of halogens is 1. The Bertz CT molecular complexity index is 715. The highest BCUT2D eigenvalue weighted by molar-refractivity contribution is 6.32. The summed E-state index contributed by atoms with van der Waals surface area (Å²) in [5.41, 5.74) is 2.21. The van der Waals surface area contributed by atoms with Crippen molar-refractivity contribution in [2.75, 3.05) is 0 Å². The second kappa shape index (κ2) is 6.84. The van der Waals surface area contributed by atoms with E-state index in [1.165, 1.54) is 38.5 Å². The van der Waals surface area contributed by atoms with Crippen molar-refractivity contribution in [3.8, 4) is 0 Å². The van der Waals surface area contributed by atoms with Crippen LogP contribution < -0.4 is 10.9 Å². The predicted molar refractivity (Wildman–Crippen MR) is 90.6 cm³/mol. The summed E-state index contributed by atoms with van der Waals surface area (Å²) in [7, 11) is 0. The van der Waals surface area contributed by atoms with E-state index in [2.05, 4.69) is 5.32 Å². The Hall–Kier alpha value is -1.32. The van der Waals surface area contributed by atoms with Crippen LogP contribution in [-0.4, -0.2) is 6.04 Å². The van der Waals surface area contributed by atoms with E-state index in [9.17, 15) is 4.79 Å². The van der Waals surface area contributed by atoms with Gasteiger partial charge >= 0.3 is 5.63 Å². The van der Waals surface area contributed by atoms with E-state index in [0.717, 1.165) is 16.5 Å².